The summed E-state index contributed by atoms with van der Waals surface area (Å²) < 4.78 is 120. The van der Waals surface area contributed by atoms with Crippen LogP contribution in [-0.2, 0) is 16.4 Å². The van der Waals surface area contributed by atoms with Crippen LogP contribution in [-0.4, -0.2) is 29.5 Å². The Morgan fingerprint density at radius 2 is 1.44 bits per heavy atom. The molecule has 1 aromatic heterocycles. The Labute approximate surface area is 202 Å². The standard InChI is InChI=1S/C23H14ClF9N2O/c24-16-6-7-18(34-11-16)20(13-4-2-1-3-5-13,12-35-19(36)21(26,27)23(31,32)33)14-8-15(22(28,29)30)10-17(25)9-14/h1-11H,12H2,(H,35,36). The second kappa shape index (κ2) is 9.64. The summed E-state index contributed by atoms with van der Waals surface area (Å²) in [4.78, 5) is 15.9. The van der Waals surface area contributed by atoms with Crippen LogP contribution in [0.5, 0.6) is 0 Å². The minimum atomic E-state index is -6.24. The molecule has 0 saturated carbocycles. The highest BCUT2D eigenvalue weighted by molar-refractivity contribution is 6.30. The van der Waals surface area contributed by atoms with Gasteiger partial charge in [0.15, 0.2) is 0 Å². The molecule has 0 fully saturated rings. The van der Waals surface area contributed by atoms with Gasteiger partial charge < -0.3 is 5.32 Å². The molecule has 1 unspecified atom stereocenters. The first-order chi connectivity index (χ1) is 16.6. The Morgan fingerprint density at radius 3 is 1.97 bits per heavy atom. The maximum atomic E-state index is 14.4. The van der Waals surface area contributed by atoms with E-state index in [4.69, 9.17) is 11.6 Å². The van der Waals surface area contributed by atoms with Crippen molar-refractivity contribution in [2.24, 2.45) is 0 Å². The second-order valence-electron chi connectivity index (χ2n) is 7.61. The number of carbonyl (C=O) groups excluding carboxylic acids is 1. The van der Waals surface area contributed by atoms with E-state index in [1.807, 2.05) is 0 Å². The van der Waals surface area contributed by atoms with Gasteiger partial charge in [0.1, 0.15) is 5.82 Å². The van der Waals surface area contributed by atoms with E-state index in [0.717, 1.165) is 6.20 Å². The van der Waals surface area contributed by atoms with Crippen LogP contribution in [0.2, 0.25) is 5.02 Å². The SMILES string of the molecule is O=C(NCC(c1ccccc1)(c1cc(F)cc(C(F)(F)F)c1)c1ccc(Cl)cn1)C(F)(F)C(F)(F)F. The van der Waals surface area contributed by atoms with Gasteiger partial charge in [-0.2, -0.15) is 35.1 Å². The van der Waals surface area contributed by atoms with Crippen molar-refractivity contribution in [2.45, 2.75) is 23.7 Å². The number of pyridine rings is 1. The number of alkyl halides is 8. The lowest BCUT2D eigenvalue weighted by atomic mass is 9.71. The highest BCUT2D eigenvalue weighted by atomic mass is 35.5. The van der Waals surface area contributed by atoms with Gasteiger partial charge in [-0.15, -0.1) is 0 Å². The fraction of sp³-hybridized carbons (Fsp3) is 0.217. The third kappa shape index (κ3) is 5.28. The van der Waals surface area contributed by atoms with E-state index in [-0.39, 0.29) is 22.3 Å². The molecule has 3 nitrogen and oxygen atoms in total. The van der Waals surface area contributed by atoms with Gasteiger partial charge in [-0.05, 0) is 41.5 Å². The molecular formula is C23H14ClF9N2O. The van der Waals surface area contributed by atoms with Gasteiger partial charge in [0, 0.05) is 12.7 Å². The van der Waals surface area contributed by atoms with E-state index in [0.29, 0.717) is 12.1 Å². The number of amides is 1. The van der Waals surface area contributed by atoms with E-state index < -0.39 is 53.1 Å². The summed E-state index contributed by atoms with van der Waals surface area (Å²) in [6.45, 7) is -1.14. The minimum Gasteiger partial charge on any atom is -0.349 e. The van der Waals surface area contributed by atoms with Crippen molar-refractivity contribution >= 4 is 17.5 Å². The lowest BCUT2D eigenvalue weighted by Gasteiger charge is -2.36. The van der Waals surface area contributed by atoms with Crippen molar-refractivity contribution in [1.82, 2.24) is 10.3 Å². The molecule has 0 radical (unpaired) electrons. The van der Waals surface area contributed by atoms with E-state index >= 15 is 0 Å². The van der Waals surface area contributed by atoms with E-state index in [1.165, 1.54) is 47.8 Å². The smallest absolute Gasteiger partial charge is 0.349 e. The van der Waals surface area contributed by atoms with Crippen molar-refractivity contribution in [1.29, 1.82) is 0 Å². The van der Waals surface area contributed by atoms with Gasteiger partial charge >= 0.3 is 18.3 Å². The average molecular weight is 541 g/mol. The normalized spacial score (nSPS) is 14.3. The summed E-state index contributed by atoms with van der Waals surface area (Å²) >= 11 is 5.84. The second-order valence-corrected chi connectivity index (χ2v) is 8.05. The van der Waals surface area contributed by atoms with Crippen LogP contribution in [0.4, 0.5) is 39.5 Å². The number of rotatable bonds is 6. The quantitative estimate of drug-likeness (QED) is 0.361. The summed E-state index contributed by atoms with van der Waals surface area (Å²) in [6, 6.07) is 10.6. The van der Waals surface area contributed by atoms with Gasteiger partial charge in [0.2, 0.25) is 0 Å². The van der Waals surface area contributed by atoms with Crippen molar-refractivity contribution < 1.29 is 44.3 Å². The lowest BCUT2D eigenvalue weighted by Crippen LogP contribution is -2.53. The third-order valence-electron chi connectivity index (χ3n) is 5.30. The van der Waals surface area contributed by atoms with Crippen LogP contribution < -0.4 is 5.32 Å². The van der Waals surface area contributed by atoms with E-state index in [2.05, 4.69) is 4.98 Å². The molecule has 192 valence electrons. The van der Waals surface area contributed by atoms with Gasteiger partial charge in [0.05, 0.1) is 21.7 Å². The number of hydrogen-bond donors (Lipinski definition) is 1. The van der Waals surface area contributed by atoms with Gasteiger partial charge in [-0.1, -0.05) is 41.9 Å². The molecule has 2 aromatic carbocycles. The van der Waals surface area contributed by atoms with Crippen molar-refractivity contribution in [3.8, 4) is 0 Å². The maximum Gasteiger partial charge on any atom is 0.463 e. The summed E-state index contributed by atoms with van der Waals surface area (Å²) in [6.07, 6.45) is -10.2. The largest absolute Gasteiger partial charge is 0.463 e. The zero-order chi connectivity index (χ0) is 26.9. The van der Waals surface area contributed by atoms with Crippen molar-refractivity contribution in [3.63, 3.8) is 0 Å². The number of nitrogens with zero attached hydrogens (tertiary/aromatic N) is 1. The van der Waals surface area contributed by atoms with Crippen molar-refractivity contribution in [2.75, 3.05) is 6.54 Å². The summed E-state index contributed by atoms with van der Waals surface area (Å²) in [5.41, 5.74) is -4.34. The molecule has 3 rings (SSSR count). The molecule has 1 N–H and O–H groups in total. The summed E-state index contributed by atoms with van der Waals surface area (Å²) in [7, 11) is 0. The average Bonchev–Trinajstić information content (AvgIpc) is 2.79. The summed E-state index contributed by atoms with van der Waals surface area (Å²) in [5, 5.41) is 1.53. The van der Waals surface area contributed by atoms with Crippen LogP contribution in [0, 0.1) is 5.82 Å². The molecule has 36 heavy (non-hydrogen) atoms. The number of nitrogens with one attached hydrogen (secondary N) is 1. The van der Waals surface area contributed by atoms with Gasteiger partial charge in [0.25, 0.3) is 5.91 Å². The first-order valence-corrected chi connectivity index (χ1v) is 10.3. The molecular weight excluding hydrogens is 527 g/mol. The van der Waals surface area contributed by atoms with Crippen LogP contribution in [0.1, 0.15) is 22.4 Å². The van der Waals surface area contributed by atoms with Gasteiger partial charge in [-0.25, -0.2) is 4.39 Å². The molecule has 0 aliphatic heterocycles. The zero-order valence-corrected chi connectivity index (χ0v) is 18.4. The number of halogens is 10. The number of benzene rings is 2. The topological polar surface area (TPSA) is 42.0 Å². The molecule has 0 saturated heterocycles. The zero-order valence-electron chi connectivity index (χ0n) is 17.7. The Morgan fingerprint density at radius 1 is 0.833 bits per heavy atom. The molecule has 13 heteroatoms. The molecule has 1 heterocycles. The number of hydrogen-bond acceptors (Lipinski definition) is 2. The van der Waals surface area contributed by atoms with Crippen LogP contribution in [0.25, 0.3) is 0 Å². The molecule has 1 atom stereocenters. The fourth-order valence-corrected chi connectivity index (χ4v) is 3.67. The Hall–Kier alpha value is -3.28. The highest BCUT2D eigenvalue weighted by Crippen LogP contribution is 2.42. The maximum absolute atomic E-state index is 14.4. The molecule has 1 amide bonds. The summed E-state index contributed by atoms with van der Waals surface area (Å²) in [5.74, 6) is -9.94. The van der Waals surface area contributed by atoms with E-state index in [9.17, 15) is 44.3 Å². The Kier molecular flexibility index (Phi) is 7.31. The van der Waals surface area contributed by atoms with Crippen LogP contribution in [0.3, 0.4) is 0 Å². The predicted octanol–water partition coefficient (Wildman–Crippen LogP) is 6.54. The predicted molar refractivity (Wildman–Crippen MR) is 111 cm³/mol. The van der Waals surface area contributed by atoms with Gasteiger partial charge in [-0.3, -0.25) is 9.78 Å². The Balaban J connectivity index is 2.31. The van der Waals surface area contributed by atoms with Crippen molar-refractivity contribution in [3.05, 3.63) is 100 Å². The first kappa shape index (κ1) is 27.3. The van der Waals surface area contributed by atoms with Crippen LogP contribution >= 0.6 is 11.6 Å². The highest BCUT2D eigenvalue weighted by Gasteiger charge is 2.63. The fourth-order valence-electron chi connectivity index (χ4n) is 3.56. The molecule has 0 aliphatic rings. The Bertz CT molecular complexity index is 1230. The monoisotopic (exact) mass is 540 g/mol. The molecule has 0 bridgehead atoms. The lowest BCUT2D eigenvalue weighted by molar-refractivity contribution is -0.269. The molecule has 3 aromatic rings. The van der Waals surface area contributed by atoms with Crippen LogP contribution in [0.15, 0.2) is 66.9 Å². The third-order valence-corrected chi connectivity index (χ3v) is 5.53. The van der Waals surface area contributed by atoms with E-state index in [1.54, 1.807) is 0 Å². The molecule has 0 aliphatic carbocycles. The molecule has 0 spiro atoms. The first-order valence-electron chi connectivity index (χ1n) is 9.87. The minimum absolute atomic E-state index is 0.00849. The number of carbonyl (C=O) groups is 1. The number of aromatic nitrogens is 1.